The number of nitrogens with zero attached hydrogens (tertiary/aromatic N) is 4. The molecule has 132 valence electrons. The van der Waals surface area contributed by atoms with Crippen LogP contribution in [-0.4, -0.2) is 40.6 Å². The molecule has 3 heterocycles. The second-order valence-corrected chi connectivity index (χ2v) is 6.55. The maximum atomic E-state index is 12.6. The van der Waals surface area contributed by atoms with Crippen molar-refractivity contribution in [3.63, 3.8) is 0 Å². The van der Waals surface area contributed by atoms with Gasteiger partial charge in [-0.3, -0.25) is 9.36 Å². The van der Waals surface area contributed by atoms with E-state index >= 15 is 0 Å². The summed E-state index contributed by atoms with van der Waals surface area (Å²) in [4.78, 5) is 23.2. The first-order valence-electron chi connectivity index (χ1n) is 8.75. The lowest BCUT2D eigenvalue weighted by Crippen LogP contribution is -2.34. The molecule has 1 amide bonds. The van der Waals surface area contributed by atoms with Gasteiger partial charge in [0.25, 0.3) is 5.91 Å². The van der Waals surface area contributed by atoms with Gasteiger partial charge in [-0.05, 0) is 30.2 Å². The standard InChI is InChI=1S/C20H21N5O/c1-24-10-7-16(17-4-2-3-5-18(17)24)13-23-20(26)15-6-8-22-19(12-15)25-11-9-21-14-25/h2-6,8-9,11-12,14,16H,7,10,13H2,1H3,(H,23,26)/t16-/m1/s1. The highest BCUT2D eigenvalue weighted by atomic mass is 16.1. The number of para-hydroxylation sites is 1. The number of imidazole rings is 1. The third-order valence-electron chi connectivity index (χ3n) is 4.89. The van der Waals surface area contributed by atoms with Crippen LogP contribution < -0.4 is 10.2 Å². The molecule has 26 heavy (non-hydrogen) atoms. The number of aromatic nitrogens is 3. The molecule has 0 saturated heterocycles. The van der Waals surface area contributed by atoms with Crippen molar-refractivity contribution in [2.45, 2.75) is 12.3 Å². The Bertz CT molecular complexity index is 906. The van der Waals surface area contributed by atoms with Gasteiger partial charge in [0.1, 0.15) is 12.1 Å². The lowest BCUT2D eigenvalue weighted by Gasteiger charge is -2.33. The summed E-state index contributed by atoms with van der Waals surface area (Å²) in [5.74, 6) is 0.936. The minimum Gasteiger partial charge on any atom is -0.374 e. The predicted molar refractivity (Wildman–Crippen MR) is 101 cm³/mol. The van der Waals surface area contributed by atoms with Crippen molar-refractivity contribution in [3.8, 4) is 5.82 Å². The normalized spacial score (nSPS) is 16.2. The van der Waals surface area contributed by atoms with Gasteiger partial charge in [-0.1, -0.05) is 18.2 Å². The Morgan fingerprint density at radius 1 is 1.27 bits per heavy atom. The van der Waals surface area contributed by atoms with Crippen LogP contribution in [0, 0.1) is 0 Å². The van der Waals surface area contributed by atoms with Crippen LogP contribution in [0.3, 0.4) is 0 Å². The van der Waals surface area contributed by atoms with Crippen LogP contribution in [0.2, 0.25) is 0 Å². The molecule has 0 saturated carbocycles. The van der Waals surface area contributed by atoms with E-state index in [9.17, 15) is 4.79 Å². The molecule has 1 atom stereocenters. The summed E-state index contributed by atoms with van der Waals surface area (Å²) >= 11 is 0. The molecule has 0 radical (unpaired) electrons. The number of fused-ring (bicyclic) bond motifs is 1. The quantitative estimate of drug-likeness (QED) is 0.788. The zero-order valence-corrected chi connectivity index (χ0v) is 14.7. The lowest BCUT2D eigenvalue weighted by atomic mass is 9.90. The number of carbonyl (C=O) groups is 1. The first-order chi connectivity index (χ1) is 12.7. The molecule has 6 nitrogen and oxygen atoms in total. The molecule has 1 aliphatic heterocycles. The van der Waals surface area contributed by atoms with Crippen molar-refractivity contribution in [3.05, 3.63) is 72.4 Å². The van der Waals surface area contributed by atoms with E-state index in [1.54, 1.807) is 41.6 Å². The topological polar surface area (TPSA) is 63.1 Å². The van der Waals surface area contributed by atoms with Crippen molar-refractivity contribution < 1.29 is 4.79 Å². The lowest BCUT2D eigenvalue weighted by molar-refractivity contribution is 0.0950. The highest BCUT2D eigenvalue weighted by Crippen LogP contribution is 2.33. The minimum atomic E-state index is -0.0785. The highest BCUT2D eigenvalue weighted by Gasteiger charge is 2.23. The van der Waals surface area contributed by atoms with Crippen LogP contribution >= 0.6 is 0 Å². The number of rotatable bonds is 4. The van der Waals surface area contributed by atoms with E-state index in [4.69, 9.17) is 0 Å². The Labute approximate surface area is 152 Å². The summed E-state index contributed by atoms with van der Waals surface area (Å²) < 4.78 is 1.78. The zero-order chi connectivity index (χ0) is 17.9. The van der Waals surface area contributed by atoms with E-state index < -0.39 is 0 Å². The molecule has 0 spiro atoms. The van der Waals surface area contributed by atoms with E-state index in [2.05, 4.69) is 51.5 Å². The predicted octanol–water partition coefficient (Wildman–Crippen LogP) is 2.62. The molecule has 0 bridgehead atoms. The third kappa shape index (κ3) is 3.18. The van der Waals surface area contributed by atoms with Crippen LogP contribution in [0.5, 0.6) is 0 Å². The first-order valence-corrected chi connectivity index (χ1v) is 8.75. The molecule has 4 rings (SSSR count). The number of amides is 1. The number of pyridine rings is 1. The molecule has 3 aromatic rings. The molecule has 6 heteroatoms. The Balaban J connectivity index is 1.47. The third-order valence-corrected chi connectivity index (χ3v) is 4.89. The van der Waals surface area contributed by atoms with Crippen LogP contribution in [0.25, 0.3) is 5.82 Å². The Kier molecular flexibility index (Phi) is 4.39. The number of carbonyl (C=O) groups excluding carboxylic acids is 1. The van der Waals surface area contributed by atoms with E-state index in [1.165, 1.54) is 11.3 Å². The van der Waals surface area contributed by atoms with E-state index in [1.807, 2.05) is 0 Å². The van der Waals surface area contributed by atoms with Crippen LogP contribution in [0.15, 0.2) is 61.3 Å². The molecule has 0 fully saturated rings. The molecular weight excluding hydrogens is 326 g/mol. The van der Waals surface area contributed by atoms with Crippen LogP contribution in [-0.2, 0) is 0 Å². The molecule has 2 aromatic heterocycles. The molecule has 1 aliphatic rings. The smallest absolute Gasteiger partial charge is 0.251 e. The second kappa shape index (κ2) is 7.00. The van der Waals surface area contributed by atoms with Gasteiger partial charge in [0.05, 0.1) is 0 Å². The van der Waals surface area contributed by atoms with Crippen molar-refractivity contribution >= 4 is 11.6 Å². The fourth-order valence-electron chi connectivity index (χ4n) is 3.43. The summed E-state index contributed by atoms with van der Waals surface area (Å²) in [6.07, 6.45) is 7.84. The Morgan fingerprint density at radius 2 is 2.15 bits per heavy atom. The number of anilines is 1. The molecule has 1 N–H and O–H groups in total. The van der Waals surface area contributed by atoms with Crippen molar-refractivity contribution in [2.24, 2.45) is 0 Å². The molecule has 1 aromatic carbocycles. The van der Waals surface area contributed by atoms with Crippen LogP contribution in [0.4, 0.5) is 5.69 Å². The van der Waals surface area contributed by atoms with Gasteiger partial charge >= 0.3 is 0 Å². The van der Waals surface area contributed by atoms with Gasteiger partial charge in [0.15, 0.2) is 0 Å². The molecule has 0 unspecified atom stereocenters. The number of hydrogen-bond donors (Lipinski definition) is 1. The molecular formula is C20H21N5O. The Hall–Kier alpha value is -3.15. The van der Waals surface area contributed by atoms with Crippen LogP contribution in [0.1, 0.15) is 28.3 Å². The minimum absolute atomic E-state index is 0.0785. The van der Waals surface area contributed by atoms with Crippen molar-refractivity contribution in [1.29, 1.82) is 0 Å². The fraction of sp³-hybridized carbons (Fsp3) is 0.250. The monoisotopic (exact) mass is 347 g/mol. The second-order valence-electron chi connectivity index (χ2n) is 6.55. The number of hydrogen-bond acceptors (Lipinski definition) is 4. The maximum Gasteiger partial charge on any atom is 0.251 e. The van der Waals surface area contributed by atoms with E-state index in [-0.39, 0.29) is 5.91 Å². The van der Waals surface area contributed by atoms with Gasteiger partial charge in [-0.25, -0.2) is 9.97 Å². The van der Waals surface area contributed by atoms with Crippen molar-refractivity contribution in [2.75, 3.05) is 25.0 Å². The molecule has 0 aliphatic carbocycles. The summed E-state index contributed by atoms with van der Waals surface area (Å²) in [6.45, 7) is 1.63. The van der Waals surface area contributed by atoms with Gasteiger partial charge < -0.3 is 10.2 Å². The number of nitrogens with one attached hydrogen (secondary N) is 1. The Morgan fingerprint density at radius 3 is 3.00 bits per heavy atom. The average Bonchev–Trinajstić information content (AvgIpc) is 3.22. The van der Waals surface area contributed by atoms with Gasteiger partial charge in [0.2, 0.25) is 0 Å². The first kappa shape index (κ1) is 16.3. The average molecular weight is 347 g/mol. The SMILES string of the molecule is CN1CC[C@H](CNC(=O)c2ccnc(-n3ccnc3)c2)c2ccccc21. The van der Waals surface area contributed by atoms with Crippen molar-refractivity contribution in [1.82, 2.24) is 19.9 Å². The highest BCUT2D eigenvalue weighted by molar-refractivity contribution is 5.94. The maximum absolute atomic E-state index is 12.6. The zero-order valence-electron chi connectivity index (χ0n) is 14.7. The summed E-state index contributed by atoms with van der Waals surface area (Å²) in [6, 6.07) is 11.9. The van der Waals surface area contributed by atoms with E-state index in [0.29, 0.717) is 23.8 Å². The number of benzene rings is 1. The van der Waals surface area contributed by atoms with E-state index in [0.717, 1.165) is 13.0 Å². The van der Waals surface area contributed by atoms with Gasteiger partial charge in [-0.15, -0.1) is 0 Å². The summed E-state index contributed by atoms with van der Waals surface area (Å²) in [5.41, 5.74) is 3.16. The fourth-order valence-corrected chi connectivity index (χ4v) is 3.43. The van der Waals surface area contributed by atoms with Gasteiger partial charge in [0, 0.05) is 55.9 Å². The summed E-state index contributed by atoms with van der Waals surface area (Å²) in [5, 5.41) is 3.09. The largest absolute Gasteiger partial charge is 0.374 e. The van der Waals surface area contributed by atoms with Gasteiger partial charge in [-0.2, -0.15) is 0 Å². The summed E-state index contributed by atoms with van der Waals surface area (Å²) in [7, 11) is 2.11.